The number of anilines is 1. The number of carbonyl (C=O) groups is 2. The summed E-state index contributed by atoms with van der Waals surface area (Å²) in [6, 6.07) is 16.6. The number of nitrogens with one attached hydrogen (secondary N) is 3. The van der Waals surface area contributed by atoms with Crippen LogP contribution in [0, 0.1) is 5.92 Å². The zero-order valence-electron chi connectivity index (χ0n) is 26.7. The molecule has 0 radical (unpaired) electrons. The number of hydrogen-bond donors (Lipinski definition) is 4. The van der Waals surface area contributed by atoms with E-state index in [4.69, 9.17) is 34.0 Å². The van der Waals surface area contributed by atoms with Gasteiger partial charge in [-0.3, -0.25) is 4.79 Å². The van der Waals surface area contributed by atoms with E-state index in [2.05, 4.69) is 27.8 Å². The van der Waals surface area contributed by atoms with Gasteiger partial charge in [0.1, 0.15) is 17.2 Å². The maximum Gasteiger partial charge on any atom is 0.360 e. The van der Waals surface area contributed by atoms with Crippen LogP contribution >= 0.6 is 0 Å². The number of para-hydroxylation sites is 1. The van der Waals surface area contributed by atoms with Gasteiger partial charge in [0.05, 0.1) is 13.2 Å². The molecule has 7 heterocycles. The molecule has 0 saturated heterocycles. The number of nitrogens with zero attached hydrogens (tertiary/aromatic N) is 2. The van der Waals surface area contributed by atoms with Gasteiger partial charge in [0.15, 0.2) is 29.1 Å². The average molecular weight is 655 g/mol. The Morgan fingerprint density at radius 3 is 2.69 bits per heavy atom. The van der Waals surface area contributed by atoms with Crippen molar-refractivity contribution in [3.05, 3.63) is 94.8 Å². The van der Waals surface area contributed by atoms with Gasteiger partial charge in [-0.25, -0.2) is 9.78 Å². The first-order valence-electron chi connectivity index (χ1n) is 16.3. The number of methoxy groups -OCH3 is 1. The summed E-state index contributed by atoms with van der Waals surface area (Å²) < 4.78 is 25.5. The number of esters is 1. The second kappa shape index (κ2) is 9.60. The van der Waals surface area contributed by atoms with Crippen molar-refractivity contribution in [1.82, 2.24) is 20.3 Å². The van der Waals surface area contributed by atoms with Gasteiger partial charge < -0.3 is 39.7 Å². The highest BCUT2D eigenvalue weighted by Gasteiger charge is 2.61. The summed E-state index contributed by atoms with van der Waals surface area (Å²) in [7, 11) is 1.31. The molecule has 12 nitrogen and oxygen atoms in total. The van der Waals surface area contributed by atoms with E-state index in [1.54, 1.807) is 0 Å². The van der Waals surface area contributed by atoms with E-state index in [0.29, 0.717) is 23.5 Å². The summed E-state index contributed by atoms with van der Waals surface area (Å²) in [5, 5.41) is 7.68. The van der Waals surface area contributed by atoms with Crippen molar-refractivity contribution >= 4 is 28.5 Å². The molecule has 0 fully saturated rings. The van der Waals surface area contributed by atoms with Crippen LogP contribution in [0.4, 0.5) is 5.69 Å². The van der Waals surface area contributed by atoms with Crippen LogP contribution in [0.1, 0.15) is 58.7 Å². The third-order valence-electron chi connectivity index (χ3n) is 10.3. The SMILES string of the molecule is COC(=O)c1nc2oc1-c1c[nH]c3cccc(c13)-c1cccc3c1NC1Oc4ccc5cc4[C@]31c1oc(nc1-2)[C@H](C(C)C)NC(=O)[C@@H](N)C5. The van der Waals surface area contributed by atoms with Crippen LogP contribution < -0.4 is 21.1 Å². The van der Waals surface area contributed by atoms with E-state index in [9.17, 15) is 9.59 Å². The Morgan fingerprint density at radius 1 is 1.02 bits per heavy atom. The molecule has 0 saturated carbocycles. The van der Waals surface area contributed by atoms with Gasteiger partial charge in [-0.05, 0) is 35.6 Å². The molecule has 0 aliphatic carbocycles. The molecule has 1 spiro atoms. The van der Waals surface area contributed by atoms with Crippen LogP contribution in [0.5, 0.6) is 5.75 Å². The minimum atomic E-state index is -1.08. The summed E-state index contributed by atoms with van der Waals surface area (Å²) in [5.74, 6) is 0.502. The molecule has 4 atom stereocenters. The van der Waals surface area contributed by atoms with Crippen molar-refractivity contribution < 1.29 is 27.9 Å². The first-order chi connectivity index (χ1) is 23.8. The van der Waals surface area contributed by atoms with Gasteiger partial charge in [0.25, 0.3) is 0 Å². The molecule has 1 unspecified atom stereocenters. The molecule has 244 valence electrons. The molecule has 3 aromatic heterocycles. The van der Waals surface area contributed by atoms with Crippen LogP contribution in [0.25, 0.3) is 44.9 Å². The fourth-order valence-corrected chi connectivity index (χ4v) is 8.08. The molecule has 3 aromatic carbocycles. The van der Waals surface area contributed by atoms with Crippen molar-refractivity contribution in [2.24, 2.45) is 11.7 Å². The Bertz CT molecular complexity index is 2420. The Morgan fingerprint density at radius 2 is 1.86 bits per heavy atom. The Labute approximate surface area is 279 Å². The first kappa shape index (κ1) is 28.2. The number of H-pyrrole nitrogens is 1. The Balaban J connectivity index is 1.40. The number of ether oxygens (including phenoxy) is 2. The first-order valence-corrected chi connectivity index (χ1v) is 16.3. The number of aromatic amines is 1. The normalized spacial score (nSPS) is 22.5. The quantitative estimate of drug-likeness (QED) is 0.177. The molecular formula is C37H30N6O6. The molecule has 10 rings (SSSR count). The van der Waals surface area contributed by atoms with Gasteiger partial charge in [0.2, 0.25) is 17.7 Å². The van der Waals surface area contributed by atoms with Gasteiger partial charge >= 0.3 is 5.97 Å². The fourth-order valence-electron chi connectivity index (χ4n) is 8.08. The lowest BCUT2D eigenvalue weighted by molar-refractivity contribution is -0.123. The second-order valence-electron chi connectivity index (χ2n) is 13.4. The molecular weight excluding hydrogens is 624 g/mol. The van der Waals surface area contributed by atoms with Crippen LogP contribution in [0.2, 0.25) is 0 Å². The van der Waals surface area contributed by atoms with E-state index in [1.807, 2.05) is 62.5 Å². The number of hydrogen-bond acceptors (Lipinski definition) is 10. The van der Waals surface area contributed by atoms with Crippen molar-refractivity contribution in [2.45, 2.75) is 44.0 Å². The Kier molecular flexibility index (Phi) is 5.52. The lowest BCUT2D eigenvalue weighted by atomic mass is 9.72. The maximum atomic E-state index is 13.5. The van der Waals surface area contributed by atoms with E-state index in [1.165, 1.54) is 7.11 Å². The summed E-state index contributed by atoms with van der Waals surface area (Å²) in [5.41, 5.74) is 12.5. The van der Waals surface area contributed by atoms with Gasteiger partial charge in [-0.1, -0.05) is 56.3 Å². The number of amides is 1. The van der Waals surface area contributed by atoms with E-state index in [0.717, 1.165) is 44.4 Å². The Hall–Kier alpha value is -5.88. The zero-order chi connectivity index (χ0) is 33.3. The molecule has 4 aliphatic heterocycles. The zero-order valence-corrected chi connectivity index (χ0v) is 26.7. The van der Waals surface area contributed by atoms with Gasteiger partial charge in [-0.2, -0.15) is 4.98 Å². The topological polar surface area (TPSA) is 171 Å². The molecule has 1 amide bonds. The number of nitrogens with two attached hydrogens (primary N) is 1. The number of fused-ring (bicyclic) bond motifs is 7. The second-order valence-corrected chi connectivity index (χ2v) is 13.4. The highest BCUT2D eigenvalue weighted by molar-refractivity contribution is 6.10. The highest BCUT2D eigenvalue weighted by atomic mass is 16.5. The number of aromatic nitrogens is 3. The van der Waals surface area contributed by atoms with Crippen molar-refractivity contribution in [2.75, 3.05) is 12.4 Å². The lowest BCUT2D eigenvalue weighted by Gasteiger charge is -2.28. The standard InChI is InChI=1S/C37H30N6O6/c1-15(2)26-33-42-29-31(49-33)37-20-8-4-7-18(27(20)43-36(37)47-24-11-10-16(12-21(24)37)13-22(38)32(44)40-26)17-6-5-9-23-25(17)19(14-39-23)30-28(35(45)46-3)41-34(29)48-30/h4-12,14-15,22,26,36,39,43H,13,38H2,1-3H3,(H,40,44)/t22-,26-,36?,37-/m0/s1. The predicted molar refractivity (Wildman–Crippen MR) is 178 cm³/mol. The predicted octanol–water partition coefficient (Wildman–Crippen LogP) is 5.42. The highest BCUT2D eigenvalue weighted by Crippen LogP contribution is 2.61. The minimum Gasteiger partial charge on any atom is -0.469 e. The van der Waals surface area contributed by atoms with Gasteiger partial charge in [0, 0.05) is 45.0 Å². The third kappa shape index (κ3) is 3.55. The monoisotopic (exact) mass is 654 g/mol. The largest absolute Gasteiger partial charge is 0.469 e. The maximum absolute atomic E-state index is 13.5. The third-order valence-corrected chi connectivity index (χ3v) is 10.3. The molecule has 5 N–H and O–H groups in total. The minimum absolute atomic E-state index is 0.00127. The van der Waals surface area contributed by atoms with Crippen molar-refractivity contribution in [3.63, 3.8) is 0 Å². The average Bonchev–Trinajstić information content (AvgIpc) is 3.91. The number of benzene rings is 3. The fraction of sp³-hybridized carbons (Fsp3) is 0.243. The summed E-state index contributed by atoms with van der Waals surface area (Å²) in [6.45, 7) is 3.95. The smallest absolute Gasteiger partial charge is 0.360 e. The molecule has 12 heteroatoms. The molecule has 10 bridgehead atoms. The van der Waals surface area contributed by atoms with E-state index < -0.39 is 29.7 Å². The molecule has 49 heavy (non-hydrogen) atoms. The number of rotatable bonds is 2. The van der Waals surface area contributed by atoms with Crippen LogP contribution in [0.15, 0.2) is 69.6 Å². The molecule has 6 aromatic rings. The van der Waals surface area contributed by atoms with E-state index >= 15 is 0 Å². The number of oxazole rings is 2. The van der Waals surface area contributed by atoms with Gasteiger partial charge in [-0.15, -0.1) is 0 Å². The van der Waals surface area contributed by atoms with Crippen molar-refractivity contribution in [3.8, 4) is 39.8 Å². The summed E-state index contributed by atoms with van der Waals surface area (Å²) in [4.78, 5) is 40.0. The number of carbonyl (C=O) groups excluding carboxylic acids is 2. The van der Waals surface area contributed by atoms with Crippen molar-refractivity contribution in [1.29, 1.82) is 0 Å². The lowest BCUT2D eigenvalue weighted by Crippen LogP contribution is -2.45. The van der Waals surface area contributed by atoms with Crippen LogP contribution in [-0.2, 0) is 21.4 Å². The van der Waals surface area contributed by atoms with E-state index in [-0.39, 0.29) is 40.8 Å². The molecule has 4 aliphatic rings. The summed E-state index contributed by atoms with van der Waals surface area (Å²) >= 11 is 0. The van der Waals surface area contributed by atoms with Crippen LogP contribution in [0.3, 0.4) is 0 Å². The van der Waals surface area contributed by atoms with Crippen LogP contribution in [-0.4, -0.2) is 46.2 Å². The summed E-state index contributed by atoms with van der Waals surface area (Å²) in [6.07, 6.45) is 1.47.